The van der Waals surface area contributed by atoms with Crippen molar-refractivity contribution in [1.82, 2.24) is 4.90 Å². The van der Waals surface area contributed by atoms with E-state index in [4.69, 9.17) is 19.2 Å². The molecule has 7 nitrogen and oxygen atoms in total. The molecule has 0 aliphatic carbocycles. The molecule has 3 aliphatic rings. The number of methoxy groups -OCH3 is 1. The highest BCUT2D eigenvalue weighted by atomic mass is 32.2. The number of carbonyl (C=O) groups excluding carboxylic acids is 1. The molecule has 5 rings (SSSR count). The van der Waals surface area contributed by atoms with Gasteiger partial charge in [-0.3, -0.25) is 9.69 Å². The number of carbonyl (C=O) groups is 1. The standard InChI is InChI=1S/C25H27N3O4S/c1-3-28-24(29)22(15-17-13-20(30-2)23-21(14-17)31-16-32-23)33-25(28)26-18-7-9-19(10-8-18)27-11-5-4-6-12-27/h7-10,13-15H,3-6,11-12,16H2,1-2H3. The Morgan fingerprint density at radius 1 is 1.12 bits per heavy atom. The molecule has 2 fully saturated rings. The van der Waals surface area contributed by atoms with E-state index in [1.54, 1.807) is 12.0 Å². The number of hydrogen-bond acceptors (Lipinski definition) is 7. The summed E-state index contributed by atoms with van der Waals surface area (Å²) in [5.74, 6) is 1.74. The van der Waals surface area contributed by atoms with Gasteiger partial charge >= 0.3 is 0 Å². The van der Waals surface area contributed by atoms with E-state index in [2.05, 4.69) is 17.0 Å². The van der Waals surface area contributed by atoms with Crippen LogP contribution in [-0.4, -0.2) is 49.5 Å². The molecule has 172 valence electrons. The van der Waals surface area contributed by atoms with Gasteiger partial charge in [0.05, 0.1) is 17.7 Å². The van der Waals surface area contributed by atoms with Crippen LogP contribution in [0.5, 0.6) is 17.2 Å². The summed E-state index contributed by atoms with van der Waals surface area (Å²) in [6, 6.07) is 12.0. The first-order chi connectivity index (χ1) is 16.2. The van der Waals surface area contributed by atoms with Crippen LogP contribution in [0.15, 0.2) is 46.3 Å². The van der Waals surface area contributed by atoms with Crippen molar-refractivity contribution in [3.8, 4) is 17.2 Å². The summed E-state index contributed by atoms with van der Waals surface area (Å²) in [5.41, 5.74) is 2.89. The van der Waals surface area contributed by atoms with Crippen LogP contribution >= 0.6 is 11.8 Å². The Morgan fingerprint density at radius 3 is 2.64 bits per heavy atom. The molecule has 33 heavy (non-hydrogen) atoms. The molecule has 0 spiro atoms. The van der Waals surface area contributed by atoms with Crippen LogP contribution in [0, 0.1) is 0 Å². The first-order valence-electron chi connectivity index (χ1n) is 11.3. The second-order valence-corrected chi connectivity index (χ2v) is 9.08. The van der Waals surface area contributed by atoms with Gasteiger partial charge in [-0.25, -0.2) is 4.99 Å². The van der Waals surface area contributed by atoms with Crippen molar-refractivity contribution in [2.24, 2.45) is 4.99 Å². The van der Waals surface area contributed by atoms with Crippen molar-refractivity contribution in [1.29, 1.82) is 0 Å². The number of aliphatic imine (C=N–C) groups is 1. The fourth-order valence-corrected chi connectivity index (χ4v) is 5.32. The third kappa shape index (κ3) is 4.39. The minimum atomic E-state index is -0.0529. The predicted octanol–water partition coefficient (Wildman–Crippen LogP) is 5.04. The van der Waals surface area contributed by atoms with Crippen molar-refractivity contribution in [2.75, 3.05) is 38.4 Å². The number of fused-ring (bicyclic) bond motifs is 1. The first kappa shape index (κ1) is 21.7. The Bertz CT molecular complexity index is 1110. The fraction of sp³-hybridized carbons (Fsp3) is 0.360. The molecule has 0 saturated carbocycles. The van der Waals surface area contributed by atoms with E-state index in [0.717, 1.165) is 24.3 Å². The van der Waals surface area contributed by atoms with E-state index in [1.165, 1.54) is 36.7 Å². The summed E-state index contributed by atoms with van der Waals surface area (Å²) >= 11 is 1.38. The van der Waals surface area contributed by atoms with Crippen molar-refractivity contribution in [2.45, 2.75) is 26.2 Å². The Hall–Kier alpha value is -3.13. The molecule has 0 radical (unpaired) electrons. The first-order valence-corrected chi connectivity index (χ1v) is 12.1. The number of anilines is 1. The largest absolute Gasteiger partial charge is 0.493 e. The maximum absolute atomic E-state index is 13.1. The zero-order valence-electron chi connectivity index (χ0n) is 18.9. The number of hydrogen-bond donors (Lipinski definition) is 0. The van der Waals surface area contributed by atoms with Crippen LogP contribution in [0.4, 0.5) is 11.4 Å². The van der Waals surface area contributed by atoms with Crippen molar-refractivity contribution < 1.29 is 19.0 Å². The number of rotatable bonds is 5. The van der Waals surface area contributed by atoms with Gasteiger partial charge in [0.25, 0.3) is 5.91 Å². The normalized spacial score (nSPS) is 20.2. The van der Waals surface area contributed by atoms with Gasteiger partial charge in [0, 0.05) is 25.3 Å². The number of benzene rings is 2. The highest BCUT2D eigenvalue weighted by molar-refractivity contribution is 8.18. The van der Waals surface area contributed by atoms with Gasteiger partial charge in [-0.05, 0) is 86.0 Å². The van der Waals surface area contributed by atoms with Crippen LogP contribution in [0.2, 0.25) is 0 Å². The van der Waals surface area contributed by atoms with Gasteiger partial charge in [0.1, 0.15) is 0 Å². The molecule has 3 heterocycles. The maximum Gasteiger partial charge on any atom is 0.266 e. The molecule has 8 heteroatoms. The van der Waals surface area contributed by atoms with E-state index in [9.17, 15) is 4.79 Å². The fourth-order valence-electron chi connectivity index (χ4n) is 4.26. The monoisotopic (exact) mass is 465 g/mol. The maximum atomic E-state index is 13.1. The molecule has 1 amide bonds. The lowest BCUT2D eigenvalue weighted by atomic mass is 10.1. The highest BCUT2D eigenvalue weighted by Crippen LogP contribution is 2.43. The average Bonchev–Trinajstić information content (AvgIpc) is 3.44. The number of nitrogens with zero attached hydrogens (tertiary/aromatic N) is 3. The average molecular weight is 466 g/mol. The molecule has 0 aromatic heterocycles. The number of amidine groups is 1. The number of ether oxygens (including phenoxy) is 3. The lowest BCUT2D eigenvalue weighted by molar-refractivity contribution is -0.122. The Kier molecular flexibility index (Phi) is 6.17. The zero-order valence-corrected chi connectivity index (χ0v) is 19.7. The van der Waals surface area contributed by atoms with Crippen LogP contribution in [0.1, 0.15) is 31.7 Å². The number of piperidine rings is 1. The third-order valence-corrected chi connectivity index (χ3v) is 6.99. The van der Waals surface area contributed by atoms with Gasteiger partial charge < -0.3 is 19.1 Å². The predicted molar refractivity (Wildman–Crippen MR) is 132 cm³/mol. The van der Waals surface area contributed by atoms with Crippen molar-refractivity contribution >= 4 is 40.3 Å². The Balaban J connectivity index is 1.39. The van der Waals surface area contributed by atoms with Crippen LogP contribution in [0.25, 0.3) is 6.08 Å². The molecule has 3 aliphatic heterocycles. The molecular formula is C25H27N3O4S. The smallest absolute Gasteiger partial charge is 0.266 e. The van der Waals surface area contributed by atoms with Gasteiger partial charge in [-0.15, -0.1) is 0 Å². The second kappa shape index (κ2) is 9.39. The summed E-state index contributed by atoms with van der Waals surface area (Å²) in [6.45, 7) is 4.90. The summed E-state index contributed by atoms with van der Waals surface area (Å²) < 4.78 is 16.4. The Morgan fingerprint density at radius 2 is 1.91 bits per heavy atom. The molecule has 0 atom stereocenters. The molecular weight excluding hydrogens is 438 g/mol. The van der Waals surface area contributed by atoms with E-state index in [1.807, 2.05) is 37.3 Å². The van der Waals surface area contributed by atoms with E-state index in [-0.39, 0.29) is 12.7 Å². The van der Waals surface area contributed by atoms with E-state index < -0.39 is 0 Å². The van der Waals surface area contributed by atoms with Crippen LogP contribution in [-0.2, 0) is 4.79 Å². The number of likely N-dealkylation sites (N-methyl/N-ethyl adjacent to an activating group) is 1. The SMILES string of the molecule is CCN1C(=O)C(=Cc2cc(OC)c3c(c2)OCO3)SC1=Nc1ccc(N2CCCCC2)cc1. The third-order valence-electron chi connectivity index (χ3n) is 5.98. The van der Waals surface area contributed by atoms with Gasteiger partial charge in [-0.1, -0.05) is 0 Å². The molecule has 0 unspecified atom stereocenters. The second-order valence-electron chi connectivity index (χ2n) is 8.08. The minimum Gasteiger partial charge on any atom is -0.493 e. The number of thioether (sulfide) groups is 1. The van der Waals surface area contributed by atoms with E-state index >= 15 is 0 Å². The van der Waals surface area contributed by atoms with Gasteiger partial charge in [0.2, 0.25) is 12.5 Å². The minimum absolute atomic E-state index is 0.0529. The van der Waals surface area contributed by atoms with Crippen LogP contribution < -0.4 is 19.1 Å². The van der Waals surface area contributed by atoms with Crippen LogP contribution in [0.3, 0.4) is 0 Å². The highest BCUT2D eigenvalue weighted by Gasteiger charge is 2.32. The van der Waals surface area contributed by atoms with E-state index in [0.29, 0.717) is 33.9 Å². The lowest BCUT2D eigenvalue weighted by Gasteiger charge is -2.28. The molecule has 2 aromatic rings. The van der Waals surface area contributed by atoms with Crippen molar-refractivity contribution in [3.63, 3.8) is 0 Å². The number of amides is 1. The Labute approximate surface area is 198 Å². The summed E-state index contributed by atoms with van der Waals surface area (Å²) in [5, 5.41) is 0.687. The molecule has 0 bridgehead atoms. The van der Waals surface area contributed by atoms with Crippen molar-refractivity contribution in [3.05, 3.63) is 46.9 Å². The lowest BCUT2D eigenvalue weighted by Crippen LogP contribution is -2.29. The molecule has 2 saturated heterocycles. The summed E-state index contributed by atoms with van der Waals surface area (Å²) in [6.07, 6.45) is 5.66. The van der Waals surface area contributed by atoms with Gasteiger partial charge in [-0.2, -0.15) is 0 Å². The molecule has 0 N–H and O–H groups in total. The topological polar surface area (TPSA) is 63.6 Å². The molecule has 2 aromatic carbocycles. The zero-order chi connectivity index (χ0) is 22.8. The summed E-state index contributed by atoms with van der Waals surface area (Å²) in [4.78, 5) is 22.6. The quantitative estimate of drug-likeness (QED) is 0.577. The summed E-state index contributed by atoms with van der Waals surface area (Å²) in [7, 11) is 1.59. The van der Waals surface area contributed by atoms with Gasteiger partial charge in [0.15, 0.2) is 16.7 Å².